The van der Waals surface area contributed by atoms with Gasteiger partial charge in [0.1, 0.15) is 0 Å². The van der Waals surface area contributed by atoms with Crippen LogP contribution in [0.3, 0.4) is 0 Å². The van der Waals surface area contributed by atoms with E-state index in [1.165, 1.54) is 25.7 Å². The molecule has 14 heavy (non-hydrogen) atoms. The van der Waals surface area contributed by atoms with Crippen LogP contribution in [0.4, 0.5) is 0 Å². The SMILES string of the molecule is CC(C)N1[C@H](C(C)(C)C)CCC12CC2. The Morgan fingerprint density at radius 3 is 2.07 bits per heavy atom. The zero-order valence-electron chi connectivity index (χ0n) is 10.4. The van der Waals surface area contributed by atoms with Crippen LogP contribution in [0.15, 0.2) is 0 Å². The minimum absolute atomic E-state index is 0.455. The highest BCUT2D eigenvalue weighted by Gasteiger charge is 2.57. The summed E-state index contributed by atoms with van der Waals surface area (Å²) in [6, 6.07) is 1.54. The maximum absolute atomic E-state index is 2.83. The Bertz CT molecular complexity index is 220. The summed E-state index contributed by atoms with van der Waals surface area (Å²) in [5.41, 5.74) is 1.10. The Morgan fingerprint density at radius 1 is 1.14 bits per heavy atom. The fourth-order valence-corrected chi connectivity index (χ4v) is 3.41. The lowest BCUT2D eigenvalue weighted by molar-refractivity contribution is 0.0673. The second-order valence-corrected chi connectivity index (χ2v) is 6.65. The second kappa shape index (κ2) is 2.98. The standard InChI is InChI=1S/C13H25N/c1-10(2)14-11(12(3,4)5)6-7-13(14)8-9-13/h10-11H,6-9H2,1-5H3/t11-/m0/s1. The van der Waals surface area contributed by atoms with Gasteiger partial charge in [0.2, 0.25) is 0 Å². The van der Waals surface area contributed by atoms with Gasteiger partial charge < -0.3 is 0 Å². The molecular weight excluding hydrogens is 170 g/mol. The summed E-state index contributed by atoms with van der Waals surface area (Å²) in [5.74, 6) is 0. The molecule has 82 valence electrons. The van der Waals surface area contributed by atoms with Crippen LogP contribution in [-0.2, 0) is 0 Å². The zero-order valence-corrected chi connectivity index (χ0v) is 10.4. The first-order valence-corrected chi connectivity index (χ1v) is 6.15. The normalized spacial score (nSPS) is 31.7. The number of likely N-dealkylation sites (tertiary alicyclic amines) is 1. The number of rotatable bonds is 1. The highest BCUT2D eigenvalue weighted by Crippen LogP contribution is 2.55. The van der Waals surface area contributed by atoms with E-state index in [9.17, 15) is 0 Å². The molecule has 1 spiro atoms. The fourth-order valence-electron chi connectivity index (χ4n) is 3.41. The summed E-state index contributed by atoms with van der Waals surface area (Å²) >= 11 is 0. The van der Waals surface area contributed by atoms with Crippen molar-refractivity contribution >= 4 is 0 Å². The van der Waals surface area contributed by atoms with E-state index >= 15 is 0 Å². The smallest absolute Gasteiger partial charge is 0.0217 e. The minimum atomic E-state index is 0.455. The summed E-state index contributed by atoms with van der Waals surface area (Å²) < 4.78 is 0. The van der Waals surface area contributed by atoms with Crippen molar-refractivity contribution in [2.45, 2.75) is 77.9 Å². The highest BCUT2D eigenvalue weighted by atomic mass is 15.3. The molecule has 1 aliphatic carbocycles. The van der Waals surface area contributed by atoms with Gasteiger partial charge in [0, 0.05) is 17.6 Å². The van der Waals surface area contributed by atoms with Crippen molar-refractivity contribution < 1.29 is 0 Å². The van der Waals surface area contributed by atoms with E-state index < -0.39 is 0 Å². The van der Waals surface area contributed by atoms with Crippen molar-refractivity contribution in [3.05, 3.63) is 0 Å². The molecule has 2 rings (SSSR count). The first-order chi connectivity index (χ1) is 6.37. The van der Waals surface area contributed by atoms with Crippen LogP contribution in [0.2, 0.25) is 0 Å². The molecule has 0 aromatic rings. The Hall–Kier alpha value is -0.0400. The van der Waals surface area contributed by atoms with Crippen LogP contribution in [0.25, 0.3) is 0 Å². The van der Waals surface area contributed by atoms with Crippen LogP contribution in [-0.4, -0.2) is 22.5 Å². The third-order valence-electron chi connectivity index (χ3n) is 4.15. The van der Waals surface area contributed by atoms with Crippen LogP contribution >= 0.6 is 0 Å². The maximum Gasteiger partial charge on any atom is 0.0217 e. The van der Waals surface area contributed by atoms with Crippen LogP contribution in [0, 0.1) is 5.41 Å². The van der Waals surface area contributed by atoms with Crippen molar-refractivity contribution in [1.82, 2.24) is 4.90 Å². The molecule has 0 aromatic carbocycles. The van der Waals surface area contributed by atoms with Gasteiger partial charge >= 0.3 is 0 Å². The quantitative estimate of drug-likeness (QED) is 0.619. The largest absolute Gasteiger partial charge is 0.292 e. The zero-order chi connectivity index (χ0) is 10.6. The van der Waals surface area contributed by atoms with Gasteiger partial charge in [-0.3, -0.25) is 4.90 Å². The third kappa shape index (κ3) is 1.50. The predicted octanol–water partition coefficient (Wildman–Crippen LogP) is 3.44. The first-order valence-electron chi connectivity index (χ1n) is 6.15. The summed E-state index contributed by atoms with van der Waals surface area (Å²) in [5, 5.41) is 0. The molecule has 2 aliphatic rings. The van der Waals surface area contributed by atoms with Gasteiger partial charge in [0.15, 0.2) is 0 Å². The van der Waals surface area contributed by atoms with Gasteiger partial charge in [-0.05, 0) is 44.9 Å². The van der Waals surface area contributed by atoms with Gasteiger partial charge in [-0.1, -0.05) is 20.8 Å². The Labute approximate surface area is 88.9 Å². The van der Waals surface area contributed by atoms with Crippen molar-refractivity contribution in [3.63, 3.8) is 0 Å². The Kier molecular flexibility index (Phi) is 2.23. The topological polar surface area (TPSA) is 3.24 Å². The molecule has 0 radical (unpaired) electrons. The van der Waals surface area contributed by atoms with Crippen molar-refractivity contribution in [3.8, 4) is 0 Å². The van der Waals surface area contributed by atoms with E-state index in [-0.39, 0.29) is 0 Å². The molecule has 0 bridgehead atoms. The summed E-state index contributed by atoms with van der Waals surface area (Å²) in [6.07, 6.45) is 5.78. The van der Waals surface area contributed by atoms with E-state index in [1.807, 2.05) is 0 Å². The molecule has 0 N–H and O–H groups in total. The average Bonchev–Trinajstić information content (AvgIpc) is 2.59. The van der Waals surface area contributed by atoms with Crippen LogP contribution in [0.5, 0.6) is 0 Å². The molecule has 2 fully saturated rings. The second-order valence-electron chi connectivity index (χ2n) is 6.65. The van der Waals surface area contributed by atoms with E-state index in [0.717, 1.165) is 12.1 Å². The Balaban J connectivity index is 2.20. The molecular formula is C13H25N. The van der Waals surface area contributed by atoms with Crippen LogP contribution < -0.4 is 0 Å². The maximum atomic E-state index is 2.83. The van der Waals surface area contributed by atoms with Crippen LogP contribution in [0.1, 0.15) is 60.3 Å². The molecule has 1 aliphatic heterocycles. The average molecular weight is 195 g/mol. The lowest BCUT2D eigenvalue weighted by Gasteiger charge is -2.41. The van der Waals surface area contributed by atoms with E-state index in [4.69, 9.17) is 0 Å². The van der Waals surface area contributed by atoms with Gasteiger partial charge in [-0.2, -0.15) is 0 Å². The van der Waals surface area contributed by atoms with Crippen molar-refractivity contribution in [2.75, 3.05) is 0 Å². The molecule has 1 heterocycles. The molecule has 1 saturated carbocycles. The molecule has 1 heteroatoms. The lowest BCUT2D eigenvalue weighted by Crippen LogP contribution is -2.48. The van der Waals surface area contributed by atoms with Gasteiger partial charge in [-0.15, -0.1) is 0 Å². The van der Waals surface area contributed by atoms with E-state index in [0.29, 0.717) is 11.0 Å². The molecule has 0 amide bonds. The van der Waals surface area contributed by atoms with Gasteiger partial charge in [0.25, 0.3) is 0 Å². The fraction of sp³-hybridized carbons (Fsp3) is 1.00. The van der Waals surface area contributed by atoms with E-state index in [2.05, 4.69) is 39.5 Å². The number of hydrogen-bond acceptors (Lipinski definition) is 1. The van der Waals surface area contributed by atoms with E-state index in [1.54, 1.807) is 0 Å². The monoisotopic (exact) mass is 195 g/mol. The van der Waals surface area contributed by atoms with Crippen molar-refractivity contribution in [2.24, 2.45) is 5.41 Å². The highest BCUT2D eigenvalue weighted by molar-refractivity contribution is 5.13. The lowest BCUT2D eigenvalue weighted by atomic mass is 9.85. The van der Waals surface area contributed by atoms with Gasteiger partial charge in [0.05, 0.1) is 0 Å². The first kappa shape index (κ1) is 10.5. The molecule has 0 aromatic heterocycles. The molecule has 0 unspecified atom stereocenters. The van der Waals surface area contributed by atoms with Gasteiger partial charge in [-0.25, -0.2) is 0 Å². The molecule has 1 nitrogen and oxygen atoms in total. The summed E-state index contributed by atoms with van der Waals surface area (Å²) in [7, 11) is 0. The summed E-state index contributed by atoms with van der Waals surface area (Å²) in [4.78, 5) is 2.83. The summed E-state index contributed by atoms with van der Waals surface area (Å²) in [6.45, 7) is 11.9. The number of nitrogens with zero attached hydrogens (tertiary/aromatic N) is 1. The molecule has 1 saturated heterocycles. The third-order valence-corrected chi connectivity index (χ3v) is 4.15. The van der Waals surface area contributed by atoms with Crippen molar-refractivity contribution in [1.29, 1.82) is 0 Å². The minimum Gasteiger partial charge on any atom is -0.292 e. The predicted molar refractivity (Wildman–Crippen MR) is 61.4 cm³/mol. The Morgan fingerprint density at radius 2 is 1.71 bits per heavy atom. The molecule has 1 atom stereocenters. The number of hydrogen-bond donors (Lipinski definition) is 0.